The van der Waals surface area contributed by atoms with Gasteiger partial charge in [-0.1, -0.05) is 30.3 Å². The molecule has 3 aromatic carbocycles. The Balaban J connectivity index is 1.11. The molecule has 4 aliphatic rings. The number of likely N-dealkylation sites (tertiary alicyclic amines) is 2. The third-order valence-corrected chi connectivity index (χ3v) is 11.4. The van der Waals surface area contributed by atoms with Crippen molar-refractivity contribution in [3.05, 3.63) is 77.9 Å². The van der Waals surface area contributed by atoms with Crippen LogP contribution in [0.25, 0.3) is 33.5 Å². The van der Waals surface area contributed by atoms with Crippen LogP contribution in [0.5, 0.6) is 11.5 Å². The van der Waals surface area contributed by atoms with E-state index in [-0.39, 0.29) is 29.8 Å². The molecule has 4 fully saturated rings. The topological polar surface area (TPSA) is 108 Å². The second kappa shape index (κ2) is 11.7. The number of piperidine rings is 1. The van der Waals surface area contributed by atoms with Gasteiger partial charge < -0.3 is 34.1 Å². The Bertz CT molecular complexity index is 2110. The number of fused-ring (bicyclic) bond motifs is 4. The lowest BCUT2D eigenvalue weighted by Gasteiger charge is -2.40. The zero-order valence-corrected chi connectivity index (χ0v) is 28.0. The molecule has 2 saturated heterocycles. The number of carbonyl (C=O) groups is 2. The molecule has 2 saturated carbocycles. The van der Waals surface area contributed by atoms with Crippen molar-refractivity contribution in [3.63, 3.8) is 0 Å². The summed E-state index contributed by atoms with van der Waals surface area (Å²) in [6.45, 7) is 3.54. The molecule has 2 aromatic heterocycles. The fourth-order valence-corrected chi connectivity index (χ4v) is 8.58. The summed E-state index contributed by atoms with van der Waals surface area (Å²) < 4.78 is 16.2. The molecule has 0 unspecified atom stereocenters. The van der Waals surface area contributed by atoms with Crippen LogP contribution in [-0.4, -0.2) is 81.7 Å². The van der Waals surface area contributed by atoms with E-state index >= 15 is 0 Å². The lowest BCUT2D eigenvalue weighted by molar-refractivity contribution is 0.0468. The number of imidazole rings is 1. The Labute approximate surface area is 285 Å². The minimum atomic E-state index is -0.0231. The number of benzene rings is 3. The largest absolute Gasteiger partial charge is 0.496 e. The molecule has 0 spiro atoms. The summed E-state index contributed by atoms with van der Waals surface area (Å²) in [5.74, 6) is 3.28. The number of carbonyl (C=O) groups excluding carboxylic acids is 2. The van der Waals surface area contributed by atoms with Crippen LogP contribution >= 0.6 is 0 Å². The van der Waals surface area contributed by atoms with Crippen molar-refractivity contribution in [1.29, 1.82) is 0 Å². The van der Waals surface area contributed by atoms with E-state index in [2.05, 4.69) is 39.5 Å². The van der Waals surface area contributed by atoms with Crippen LogP contribution in [0.4, 0.5) is 0 Å². The summed E-state index contributed by atoms with van der Waals surface area (Å²) in [5.41, 5.74) is 11.5. The molecule has 3 atom stereocenters. The van der Waals surface area contributed by atoms with Gasteiger partial charge in [-0.3, -0.25) is 9.59 Å². The van der Waals surface area contributed by atoms with Gasteiger partial charge in [0, 0.05) is 67.2 Å². The number of nitrogens with zero attached hydrogens (tertiary/aromatic N) is 5. The van der Waals surface area contributed by atoms with Crippen LogP contribution in [0, 0.1) is 17.8 Å². The molecule has 2 N–H and O–H groups in total. The molecule has 10 nitrogen and oxygen atoms in total. The first-order valence-corrected chi connectivity index (χ1v) is 17.6. The molecular weight excluding hydrogens is 616 g/mol. The van der Waals surface area contributed by atoms with E-state index in [9.17, 15) is 9.59 Å². The number of para-hydroxylation sites is 2. The van der Waals surface area contributed by atoms with Gasteiger partial charge in [0.05, 0.1) is 31.0 Å². The zero-order valence-electron chi connectivity index (χ0n) is 28.0. The monoisotopic (exact) mass is 658 g/mol. The average molecular weight is 659 g/mol. The van der Waals surface area contributed by atoms with Gasteiger partial charge in [-0.25, -0.2) is 4.98 Å². The number of aromatic nitrogens is 3. The predicted octanol–water partition coefficient (Wildman–Crippen LogP) is 5.42. The molecule has 4 heterocycles. The van der Waals surface area contributed by atoms with Crippen molar-refractivity contribution in [2.24, 2.45) is 23.5 Å². The van der Waals surface area contributed by atoms with E-state index in [1.165, 1.54) is 23.7 Å². The number of hydrogen-bond donors (Lipinski definition) is 1. The molecule has 252 valence electrons. The Kier molecular flexibility index (Phi) is 7.19. The lowest BCUT2D eigenvalue weighted by Crippen LogP contribution is -2.51. The van der Waals surface area contributed by atoms with Gasteiger partial charge in [0.2, 0.25) is 0 Å². The van der Waals surface area contributed by atoms with Crippen LogP contribution in [-0.2, 0) is 13.1 Å². The van der Waals surface area contributed by atoms with E-state index in [1.54, 1.807) is 14.2 Å². The number of rotatable bonds is 9. The maximum absolute atomic E-state index is 14.0. The van der Waals surface area contributed by atoms with Gasteiger partial charge in [0.25, 0.3) is 11.8 Å². The minimum Gasteiger partial charge on any atom is -0.496 e. The summed E-state index contributed by atoms with van der Waals surface area (Å²) >= 11 is 0. The smallest absolute Gasteiger partial charge is 0.257 e. The van der Waals surface area contributed by atoms with Crippen molar-refractivity contribution in [2.45, 2.75) is 50.9 Å². The Morgan fingerprint density at radius 2 is 1.57 bits per heavy atom. The third kappa shape index (κ3) is 4.98. The molecule has 0 radical (unpaired) electrons. The first-order chi connectivity index (χ1) is 23.9. The van der Waals surface area contributed by atoms with Crippen molar-refractivity contribution in [3.8, 4) is 23.0 Å². The van der Waals surface area contributed by atoms with Crippen molar-refractivity contribution in [2.75, 3.05) is 33.9 Å². The Morgan fingerprint density at radius 1 is 0.816 bits per heavy atom. The van der Waals surface area contributed by atoms with Gasteiger partial charge in [0.1, 0.15) is 17.0 Å². The minimum absolute atomic E-state index is 0.00807. The van der Waals surface area contributed by atoms with E-state index in [4.69, 9.17) is 20.2 Å². The van der Waals surface area contributed by atoms with E-state index in [0.29, 0.717) is 60.6 Å². The highest BCUT2D eigenvalue weighted by atomic mass is 16.5. The quantitative estimate of drug-likeness (QED) is 0.227. The van der Waals surface area contributed by atoms with Crippen LogP contribution in [0.2, 0.25) is 0 Å². The number of amides is 2. The maximum atomic E-state index is 14.0. The molecule has 10 heteroatoms. The maximum Gasteiger partial charge on any atom is 0.257 e. The van der Waals surface area contributed by atoms with Crippen molar-refractivity contribution in [1.82, 2.24) is 23.9 Å². The van der Waals surface area contributed by atoms with Gasteiger partial charge in [0.15, 0.2) is 5.82 Å². The van der Waals surface area contributed by atoms with Crippen LogP contribution in [0.3, 0.4) is 0 Å². The molecule has 49 heavy (non-hydrogen) atoms. The van der Waals surface area contributed by atoms with Gasteiger partial charge >= 0.3 is 0 Å². The van der Waals surface area contributed by atoms with Gasteiger partial charge in [-0.05, 0) is 73.9 Å². The molecule has 2 aliphatic heterocycles. The van der Waals surface area contributed by atoms with Crippen LogP contribution in [0.15, 0.2) is 66.7 Å². The normalized spacial score (nSPS) is 21.9. The number of ether oxygens (including phenoxy) is 2. The first kappa shape index (κ1) is 30.2. The fraction of sp³-hybridized carbons (Fsp3) is 0.410. The summed E-state index contributed by atoms with van der Waals surface area (Å²) in [5, 5.41) is 1.18. The SMILES string of the molecule is COc1ccccc1C(=O)N1CC(Cn2c(-c3cc4ccccc4n3CC3CC3)nc3cc(C(=O)N4C[C@H]5CC[C@@H]4[C@@H]5N)cc(OC)c32)C1. The number of methoxy groups -OCH3 is 2. The molecule has 5 aromatic rings. The zero-order chi connectivity index (χ0) is 33.4. The molecular formula is C39H42N6O4. The third-order valence-electron chi connectivity index (χ3n) is 11.4. The highest BCUT2D eigenvalue weighted by molar-refractivity contribution is 6.01. The van der Waals surface area contributed by atoms with Gasteiger partial charge in [-0.2, -0.15) is 0 Å². The highest BCUT2D eigenvalue weighted by Crippen LogP contribution is 2.41. The number of nitrogens with two attached hydrogens (primary N) is 1. The molecule has 9 rings (SSSR count). The van der Waals surface area contributed by atoms with E-state index in [0.717, 1.165) is 41.9 Å². The lowest BCUT2D eigenvalue weighted by atomic mass is 9.98. The second-order valence-electron chi connectivity index (χ2n) is 14.5. The first-order valence-electron chi connectivity index (χ1n) is 17.6. The average Bonchev–Trinajstić information content (AvgIpc) is 3.47. The Hall–Kier alpha value is -4.83. The second-order valence-corrected chi connectivity index (χ2v) is 14.5. The molecule has 2 amide bonds. The predicted molar refractivity (Wildman–Crippen MR) is 188 cm³/mol. The van der Waals surface area contributed by atoms with Gasteiger partial charge in [-0.15, -0.1) is 0 Å². The van der Waals surface area contributed by atoms with E-state index < -0.39 is 0 Å². The summed E-state index contributed by atoms with van der Waals surface area (Å²) in [7, 11) is 3.25. The fourth-order valence-electron chi connectivity index (χ4n) is 8.58. The summed E-state index contributed by atoms with van der Waals surface area (Å²) in [6.07, 6.45) is 4.52. The standard InChI is InChI=1S/C39H42N6O4/c1-48-33-10-6-4-8-28(33)39(47)42-18-24(19-42)21-45-36-29(15-27(17-34(36)49-2)38(46)44-22-26-13-14-31(44)35(26)40)41-37(45)32-16-25-7-3-5-9-30(25)43(32)20-23-11-12-23/h3-10,15-17,23-24,26,31,35H,11-14,18-22,40H2,1-2H3/t26-,31-,35-/m1/s1. The highest BCUT2D eigenvalue weighted by Gasteiger charge is 2.47. The number of hydrogen-bond acceptors (Lipinski definition) is 6. The van der Waals surface area contributed by atoms with Crippen LogP contribution in [0.1, 0.15) is 46.4 Å². The Morgan fingerprint density at radius 3 is 2.31 bits per heavy atom. The molecule has 2 aliphatic carbocycles. The van der Waals surface area contributed by atoms with Crippen molar-refractivity contribution < 1.29 is 19.1 Å². The summed E-state index contributed by atoms with van der Waals surface area (Å²) in [4.78, 5) is 36.6. The molecule has 2 bridgehead atoms. The van der Waals surface area contributed by atoms with Crippen molar-refractivity contribution >= 4 is 33.8 Å². The van der Waals surface area contributed by atoms with Crippen LogP contribution < -0.4 is 15.2 Å². The summed E-state index contributed by atoms with van der Waals surface area (Å²) in [6, 6.07) is 22.1. The van der Waals surface area contributed by atoms with E-state index in [1.807, 2.05) is 46.2 Å².